The summed E-state index contributed by atoms with van der Waals surface area (Å²) < 4.78 is 10.3. The van der Waals surface area contributed by atoms with Crippen LogP contribution in [0.2, 0.25) is 5.02 Å². The number of hydrogen-bond donors (Lipinski definition) is 3. The summed E-state index contributed by atoms with van der Waals surface area (Å²) in [5.74, 6) is 0. The monoisotopic (exact) mass is 303 g/mol. The van der Waals surface area contributed by atoms with Gasteiger partial charge in [0.05, 0.1) is 38.6 Å². The molecule has 0 amide bonds. The van der Waals surface area contributed by atoms with Crippen LogP contribution in [0.15, 0.2) is 24.3 Å². The van der Waals surface area contributed by atoms with Gasteiger partial charge in [0.15, 0.2) is 0 Å². The average molecular weight is 304 g/mol. The predicted octanol–water partition coefficient (Wildman–Crippen LogP) is 0.814. The largest absolute Gasteiger partial charge is 0.395 e. The Balaban J connectivity index is 2.20. The van der Waals surface area contributed by atoms with Crippen LogP contribution in [0, 0.1) is 0 Å². The van der Waals surface area contributed by atoms with Crippen molar-refractivity contribution < 1.29 is 19.7 Å². The van der Waals surface area contributed by atoms with E-state index in [1.807, 2.05) is 18.2 Å². The van der Waals surface area contributed by atoms with Gasteiger partial charge in [-0.3, -0.25) is 0 Å². The number of hydrogen-bond acceptors (Lipinski definition) is 5. The summed E-state index contributed by atoms with van der Waals surface area (Å²) >= 11 is 6.00. The molecule has 2 unspecified atom stereocenters. The third-order valence-electron chi connectivity index (χ3n) is 2.76. The number of halogens is 1. The smallest absolute Gasteiger partial charge is 0.0897 e. The molecular weight excluding hydrogens is 282 g/mol. The Morgan fingerprint density at radius 3 is 2.70 bits per heavy atom. The van der Waals surface area contributed by atoms with Gasteiger partial charge in [-0.1, -0.05) is 29.8 Å². The van der Waals surface area contributed by atoms with Gasteiger partial charge < -0.3 is 25.0 Å². The molecule has 0 aliphatic rings. The Morgan fingerprint density at radius 2 is 2.05 bits per heavy atom. The van der Waals surface area contributed by atoms with Gasteiger partial charge in [-0.05, 0) is 11.6 Å². The van der Waals surface area contributed by atoms with E-state index < -0.39 is 6.10 Å². The number of ether oxygens (including phenoxy) is 2. The zero-order chi connectivity index (χ0) is 14.8. The van der Waals surface area contributed by atoms with Crippen LogP contribution in [0.5, 0.6) is 0 Å². The van der Waals surface area contributed by atoms with Crippen molar-refractivity contribution in [1.82, 2.24) is 5.32 Å². The lowest BCUT2D eigenvalue weighted by Crippen LogP contribution is -2.42. The Morgan fingerprint density at radius 1 is 1.30 bits per heavy atom. The standard InChI is InChI=1S/C14H22ClNO4/c1-19-9-12(7-17)16-6-13(18)10-20-8-11-4-2-3-5-14(11)15/h2-5,12-13,16-18H,6-10H2,1H3. The van der Waals surface area contributed by atoms with Gasteiger partial charge in [0.1, 0.15) is 0 Å². The first-order valence-corrected chi connectivity index (χ1v) is 6.87. The van der Waals surface area contributed by atoms with Crippen LogP contribution in [0.3, 0.4) is 0 Å². The molecule has 0 saturated carbocycles. The number of benzene rings is 1. The predicted molar refractivity (Wildman–Crippen MR) is 77.9 cm³/mol. The van der Waals surface area contributed by atoms with Gasteiger partial charge in [-0.15, -0.1) is 0 Å². The highest BCUT2D eigenvalue weighted by molar-refractivity contribution is 6.31. The van der Waals surface area contributed by atoms with E-state index in [1.54, 1.807) is 13.2 Å². The highest BCUT2D eigenvalue weighted by atomic mass is 35.5. The van der Waals surface area contributed by atoms with Crippen molar-refractivity contribution in [3.05, 3.63) is 34.9 Å². The van der Waals surface area contributed by atoms with Gasteiger partial charge >= 0.3 is 0 Å². The summed E-state index contributed by atoms with van der Waals surface area (Å²) in [7, 11) is 1.56. The van der Waals surface area contributed by atoms with Gasteiger partial charge in [0, 0.05) is 18.7 Å². The molecule has 2 atom stereocenters. The zero-order valence-electron chi connectivity index (χ0n) is 11.6. The molecule has 1 aromatic carbocycles. The van der Waals surface area contributed by atoms with Crippen molar-refractivity contribution in [3.63, 3.8) is 0 Å². The normalized spacial score (nSPS) is 14.2. The van der Waals surface area contributed by atoms with E-state index in [-0.39, 0.29) is 19.3 Å². The van der Waals surface area contributed by atoms with Crippen molar-refractivity contribution in [1.29, 1.82) is 0 Å². The molecule has 5 nitrogen and oxygen atoms in total. The fourth-order valence-corrected chi connectivity index (χ4v) is 1.85. The summed E-state index contributed by atoms with van der Waals surface area (Å²) in [4.78, 5) is 0. The van der Waals surface area contributed by atoms with Crippen LogP contribution in [0.25, 0.3) is 0 Å². The van der Waals surface area contributed by atoms with E-state index in [0.717, 1.165) is 5.56 Å². The van der Waals surface area contributed by atoms with Crippen LogP contribution in [-0.4, -0.2) is 55.8 Å². The Labute approximate surface area is 124 Å². The SMILES string of the molecule is COCC(CO)NCC(O)COCc1ccccc1Cl. The van der Waals surface area contributed by atoms with E-state index >= 15 is 0 Å². The molecular formula is C14H22ClNO4. The Hall–Kier alpha value is -0.690. The molecule has 0 radical (unpaired) electrons. The minimum Gasteiger partial charge on any atom is -0.395 e. The van der Waals surface area contributed by atoms with Crippen molar-refractivity contribution in [2.24, 2.45) is 0 Å². The zero-order valence-corrected chi connectivity index (χ0v) is 12.3. The van der Waals surface area contributed by atoms with Crippen molar-refractivity contribution in [3.8, 4) is 0 Å². The Kier molecular flexibility index (Phi) is 8.77. The highest BCUT2D eigenvalue weighted by Gasteiger charge is 2.10. The summed E-state index contributed by atoms with van der Waals surface area (Å²) in [6.07, 6.45) is -0.650. The lowest BCUT2D eigenvalue weighted by molar-refractivity contribution is 0.0241. The van der Waals surface area contributed by atoms with Crippen LogP contribution < -0.4 is 5.32 Å². The van der Waals surface area contributed by atoms with E-state index in [9.17, 15) is 5.11 Å². The second kappa shape index (κ2) is 10.1. The Bertz CT molecular complexity index is 378. The fraction of sp³-hybridized carbons (Fsp3) is 0.571. The summed E-state index contributed by atoms with van der Waals surface area (Å²) in [5.41, 5.74) is 0.891. The lowest BCUT2D eigenvalue weighted by atomic mass is 10.2. The molecule has 114 valence electrons. The third kappa shape index (κ3) is 6.65. The minimum absolute atomic E-state index is 0.0406. The highest BCUT2D eigenvalue weighted by Crippen LogP contribution is 2.15. The fourth-order valence-electron chi connectivity index (χ4n) is 1.66. The average Bonchev–Trinajstić information content (AvgIpc) is 2.45. The molecule has 0 aliphatic heterocycles. The molecule has 0 aliphatic carbocycles. The quantitative estimate of drug-likeness (QED) is 0.597. The first-order valence-electron chi connectivity index (χ1n) is 6.49. The van der Waals surface area contributed by atoms with Crippen molar-refractivity contribution >= 4 is 11.6 Å². The van der Waals surface area contributed by atoms with Crippen LogP contribution in [0.4, 0.5) is 0 Å². The van der Waals surface area contributed by atoms with Gasteiger partial charge in [-0.2, -0.15) is 0 Å². The number of nitrogens with one attached hydrogen (secondary N) is 1. The van der Waals surface area contributed by atoms with Crippen molar-refractivity contribution in [2.75, 3.05) is 33.5 Å². The number of aliphatic hydroxyl groups is 2. The first-order chi connectivity index (χ1) is 9.67. The number of methoxy groups -OCH3 is 1. The third-order valence-corrected chi connectivity index (χ3v) is 3.12. The molecule has 0 aromatic heterocycles. The maximum absolute atomic E-state index is 9.77. The lowest BCUT2D eigenvalue weighted by Gasteiger charge is -2.18. The molecule has 0 spiro atoms. The molecule has 1 aromatic rings. The van der Waals surface area contributed by atoms with Crippen LogP contribution >= 0.6 is 11.6 Å². The van der Waals surface area contributed by atoms with Crippen LogP contribution in [-0.2, 0) is 16.1 Å². The topological polar surface area (TPSA) is 71.0 Å². The molecule has 3 N–H and O–H groups in total. The maximum atomic E-state index is 9.77. The maximum Gasteiger partial charge on any atom is 0.0897 e. The van der Waals surface area contributed by atoms with Crippen LogP contribution in [0.1, 0.15) is 5.56 Å². The number of aliphatic hydroxyl groups excluding tert-OH is 2. The van der Waals surface area contributed by atoms with Gasteiger partial charge in [-0.25, -0.2) is 0 Å². The summed E-state index contributed by atoms with van der Waals surface area (Å²) in [6, 6.07) is 7.25. The minimum atomic E-state index is -0.650. The van der Waals surface area contributed by atoms with Gasteiger partial charge in [0.25, 0.3) is 0 Å². The summed E-state index contributed by atoms with van der Waals surface area (Å²) in [6.45, 7) is 1.24. The van der Waals surface area contributed by atoms with Gasteiger partial charge in [0.2, 0.25) is 0 Å². The van der Waals surface area contributed by atoms with E-state index in [4.69, 9.17) is 26.2 Å². The second-order valence-electron chi connectivity index (χ2n) is 4.50. The van der Waals surface area contributed by atoms with Crippen molar-refractivity contribution in [2.45, 2.75) is 18.8 Å². The van der Waals surface area contributed by atoms with E-state index in [0.29, 0.717) is 24.8 Å². The molecule has 0 heterocycles. The molecule has 0 bridgehead atoms. The number of rotatable bonds is 10. The molecule has 20 heavy (non-hydrogen) atoms. The molecule has 0 saturated heterocycles. The van der Waals surface area contributed by atoms with E-state index in [2.05, 4.69) is 5.32 Å². The second-order valence-corrected chi connectivity index (χ2v) is 4.91. The van der Waals surface area contributed by atoms with E-state index in [1.165, 1.54) is 0 Å². The molecule has 0 fully saturated rings. The molecule has 6 heteroatoms. The first kappa shape index (κ1) is 17.4. The summed E-state index contributed by atoms with van der Waals surface area (Å²) in [5, 5.41) is 22.5. The molecule has 1 rings (SSSR count).